The molecule has 1 aromatic rings. The third-order valence-electron chi connectivity index (χ3n) is 2.90. The van der Waals surface area contributed by atoms with Gasteiger partial charge >= 0.3 is 0 Å². The van der Waals surface area contributed by atoms with Gasteiger partial charge in [-0.15, -0.1) is 0 Å². The minimum absolute atomic E-state index is 0.199. The van der Waals surface area contributed by atoms with E-state index in [1.807, 2.05) is 12.1 Å². The van der Waals surface area contributed by atoms with E-state index in [4.69, 9.17) is 0 Å². The monoisotopic (exact) mass is 207 g/mol. The van der Waals surface area contributed by atoms with Crippen LogP contribution in [-0.4, -0.2) is 27.4 Å². The predicted molar refractivity (Wildman–Crippen MR) is 57.1 cm³/mol. The van der Waals surface area contributed by atoms with Gasteiger partial charge in [-0.05, 0) is 25.0 Å². The summed E-state index contributed by atoms with van der Waals surface area (Å²) in [4.78, 5) is 0. The van der Waals surface area contributed by atoms with Crippen LogP contribution in [0, 0.1) is 0 Å². The van der Waals surface area contributed by atoms with Crippen LogP contribution in [0.25, 0.3) is 0 Å². The van der Waals surface area contributed by atoms with Gasteiger partial charge in [-0.2, -0.15) is 10.2 Å². The molecule has 1 heterocycles. The lowest BCUT2D eigenvalue weighted by atomic mass is 9.92. The van der Waals surface area contributed by atoms with E-state index in [-0.39, 0.29) is 12.1 Å². The highest BCUT2D eigenvalue weighted by atomic mass is 16.3. The van der Waals surface area contributed by atoms with Gasteiger partial charge in [0.15, 0.2) is 0 Å². The Morgan fingerprint density at radius 1 is 1.40 bits per heavy atom. The highest BCUT2D eigenvalue weighted by Gasteiger charge is 2.22. The van der Waals surface area contributed by atoms with Gasteiger partial charge in [-0.25, -0.2) is 0 Å². The van der Waals surface area contributed by atoms with Crippen LogP contribution >= 0.6 is 0 Å². The van der Waals surface area contributed by atoms with Crippen LogP contribution in [0.2, 0.25) is 0 Å². The second-order valence-electron chi connectivity index (χ2n) is 4.05. The van der Waals surface area contributed by atoms with Crippen LogP contribution in [0.15, 0.2) is 18.3 Å². The molecule has 0 unspecified atom stereocenters. The van der Waals surface area contributed by atoms with Crippen LogP contribution < -0.4 is 5.32 Å². The van der Waals surface area contributed by atoms with Crippen molar-refractivity contribution in [1.29, 1.82) is 0 Å². The second-order valence-corrected chi connectivity index (χ2v) is 4.05. The van der Waals surface area contributed by atoms with Crippen molar-refractivity contribution in [1.82, 2.24) is 15.5 Å². The first-order valence-electron chi connectivity index (χ1n) is 5.54. The number of aromatic nitrogens is 2. The summed E-state index contributed by atoms with van der Waals surface area (Å²) in [6.07, 6.45) is 5.79. The summed E-state index contributed by atoms with van der Waals surface area (Å²) in [6, 6.07) is 4.04. The zero-order valence-corrected chi connectivity index (χ0v) is 8.76. The van der Waals surface area contributed by atoms with E-state index in [1.54, 1.807) is 6.20 Å². The van der Waals surface area contributed by atoms with Gasteiger partial charge in [0.2, 0.25) is 0 Å². The zero-order chi connectivity index (χ0) is 10.5. The van der Waals surface area contributed by atoms with Crippen molar-refractivity contribution in [3.63, 3.8) is 0 Å². The lowest BCUT2D eigenvalue weighted by molar-refractivity contribution is 0.0900. The molecule has 1 aliphatic rings. The second kappa shape index (κ2) is 5.19. The van der Waals surface area contributed by atoms with Crippen LogP contribution in [0.3, 0.4) is 0 Å². The Morgan fingerprint density at radius 3 is 3.00 bits per heavy atom. The summed E-state index contributed by atoms with van der Waals surface area (Å²) in [5.74, 6) is 0. The maximum absolute atomic E-state index is 9.75. The van der Waals surface area contributed by atoms with E-state index in [2.05, 4.69) is 15.5 Å². The molecule has 1 fully saturated rings. The number of aliphatic hydroxyl groups excluding tert-OH is 1. The van der Waals surface area contributed by atoms with Gasteiger partial charge in [0.05, 0.1) is 11.8 Å². The molecular formula is C11H17N3O. The summed E-state index contributed by atoms with van der Waals surface area (Å²) < 4.78 is 0. The molecule has 15 heavy (non-hydrogen) atoms. The van der Waals surface area contributed by atoms with E-state index in [0.29, 0.717) is 6.54 Å². The minimum Gasteiger partial charge on any atom is -0.392 e. The van der Waals surface area contributed by atoms with Gasteiger partial charge in [-0.1, -0.05) is 12.8 Å². The number of hydrogen-bond acceptors (Lipinski definition) is 4. The molecule has 4 nitrogen and oxygen atoms in total. The van der Waals surface area contributed by atoms with E-state index in [9.17, 15) is 5.11 Å². The van der Waals surface area contributed by atoms with Gasteiger partial charge < -0.3 is 10.4 Å². The Balaban J connectivity index is 1.82. The lowest BCUT2D eigenvalue weighted by Crippen LogP contribution is -2.41. The molecule has 1 aromatic heterocycles. The average molecular weight is 207 g/mol. The van der Waals surface area contributed by atoms with Gasteiger partial charge in [0.1, 0.15) is 0 Å². The van der Waals surface area contributed by atoms with Gasteiger partial charge in [0.25, 0.3) is 0 Å². The zero-order valence-electron chi connectivity index (χ0n) is 8.76. The molecule has 0 bridgehead atoms. The van der Waals surface area contributed by atoms with Crippen molar-refractivity contribution in [2.24, 2.45) is 0 Å². The Labute approximate surface area is 89.7 Å². The van der Waals surface area contributed by atoms with Gasteiger partial charge in [-0.3, -0.25) is 0 Å². The Morgan fingerprint density at radius 2 is 2.27 bits per heavy atom. The van der Waals surface area contributed by atoms with Crippen LogP contribution in [0.5, 0.6) is 0 Å². The van der Waals surface area contributed by atoms with E-state index < -0.39 is 0 Å². The number of hydrogen-bond donors (Lipinski definition) is 2. The molecule has 0 aliphatic heterocycles. The molecule has 0 amide bonds. The molecule has 4 heteroatoms. The molecule has 0 radical (unpaired) electrons. The molecule has 0 aromatic carbocycles. The van der Waals surface area contributed by atoms with Gasteiger partial charge in [0, 0.05) is 18.8 Å². The molecule has 0 saturated heterocycles. The summed E-state index contributed by atoms with van der Waals surface area (Å²) >= 11 is 0. The summed E-state index contributed by atoms with van der Waals surface area (Å²) in [6.45, 7) is 0.690. The summed E-state index contributed by atoms with van der Waals surface area (Å²) in [5, 5.41) is 20.9. The SMILES string of the molecule is O[C@@H]1CCCC[C@H]1NCc1cccnn1. The van der Waals surface area contributed by atoms with E-state index >= 15 is 0 Å². The van der Waals surface area contributed by atoms with Crippen molar-refractivity contribution >= 4 is 0 Å². The molecular weight excluding hydrogens is 190 g/mol. The first kappa shape index (κ1) is 10.5. The molecule has 2 rings (SSSR count). The standard InChI is InChI=1S/C11H17N3O/c15-11-6-2-1-5-10(11)12-8-9-4-3-7-13-14-9/h3-4,7,10-12,15H,1-2,5-6,8H2/t10-,11-/m1/s1. The van der Waals surface area contributed by atoms with Crippen LogP contribution in [-0.2, 0) is 6.54 Å². The maximum Gasteiger partial charge on any atom is 0.0769 e. The molecule has 1 saturated carbocycles. The predicted octanol–water partition coefficient (Wildman–Crippen LogP) is 0.870. The molecule has 1 aliphatic carbocycles. The first-order chi connectivity index (χ1) is 7.36. The van der Waals surface area contributed by atoms with Crippen molar-refractivity contribution in [3.05, 3.63) is 24.0 Å². The van der Waals surface area contributed by atoms with E-state index in [0.717, 1.165) is 25.0 Å². The fraction of sp³-hybridized carbons (Fsp3) is 0.636. The maximum atomic E-state index is 9.75. The molecule has 0 spiro atoms. The van der Waals surface area contributed by atoms with Crippen LogP contribution in [0.1, 0.15) is 31.4 Å². The van der Waals surface area contributed by atoms with Crippen molar-refractivity contribution < 1.29 is 5.11 Å². The van der Waals surface area contributed by atoms with E-state index in [1.165, 1.54) is 6.42 Å². The van der Waals surface area contributed by atoms with Crippen molar-refractivity contribution in [3.8, 4) is 0 Å². The Hall–Kier alpha value is -1.00. The minimum atomic E-state index is -0.199. The molecule has 2 N–H and O–H groups in total. The van der Waals surface area contributed by atoms with Crippen molar-refractivity contribution in [2.45, 2.75) is 44.4 Å². The Kier molecular flexibility index (Phi) is 3.64. The molecule has 82 valence electrons. The quantitative estimate of drug-likeness (QED) is 0.772. The number of nitrogens with one attached hydrogen (secondary N) is 1. The smallest absolute Gasteiger partial charge is 0.0769 e. The summed E-state index contributed by atoms with van der Waals surface area (Å²) in [7, 11) is 0. The average Bonchev–Trinajstić information content (AvgIpc) is 2.29. The fourth-order valence-electron chi connectivity index (χ4n) is 2.01. The summed E-state index contributed by atoms with van der Waals surface area (Å²) in [5.41, 5.74) is 0.926. The lowest BCUT2D eigenvalue weighted by Gasteiger charge is -2.28. The fourth-order valence-corrected chi connectivity index (χ4v) is 2.01. The topological polar surface area (TPSA) is 58.0 Å². The number of nitrogens with zero attached hydrogens (tertiary/aromatic N) is 2. The van der Waals surface area contributed by atoms with Crippen LogP contribution in [0.4, 0.5) is 0 Å². The van der Waals surface area contributed by atoms with Crippen molar-refractivity contribution in [2.75, 3.05) is 0 Å². The number of rotatable bonds is 3. The molecule has 2 atom stereocenters. The first-order valence-corrected chi connectivity index (χ1v) is 5.54. The normalized spacial score (nSPS) is 26.5. The highest BCUT2D eigenvalue weighted by molar-refractivity contribution is 4.99. The Bertz CT molecular complexity index is 291. The largest absolute Gasteiger partial charge is 0.392 e. The third kappa shape index (κ3) is 2.97. The third-order valence-corrected chi connectivity index (χ3v) is 2.90. The number of aliphatic hydroxyl groups is 1. The highest BCUT2D eigenvalue weighted by Crippen LogP contribution is 2.18.